The largest absolute Gasteiger partial charge is 0.481 e. The van der Waals surface area contributed by atoms with Crippen molar-refractivity contribution in [1.29, 1.82) is 0 Å². The summed E-state index contributed by atoms with van der Waals surface area (Å²) in [4.78, 5) is 26.6. The van der Waals surface area contributed by atoms with Crippen LogP contribution in [0, 0.1) is 6.92 Å². The van der Waals surface area contributed by atoms with Gasteiger partial charge in [-0.1, -0.05) is 18.5 Å². The Morgan fingerprint density at radius 1 is 1.38 bits per heavy atom. The summed E-state index contributed by atoms with van der Waals surface area (Å²) >= 11 is 7.45. The van der Waals surface area contributed by atoms with Crippen molar-refractivity contribution < 1.29 is 19.1 Å². The zero-order valence-electron chi connectivity index (χ0n) is 17.1. The maximum atomic E-state index is 12.8. The highest BCUT2D eigenvalue weighted by Gasteiger charge is 2.31. The van der Waals surface area contributed by atoms with Gasteiger partial charge in [-0.05, 0) is 75.3 Å². The molecule has 156 valence electrons. The van der Waals surface area contributed by atoms with E-state index in [2.05, 4.69) is 12.2 Å². The number of benzene rings is 1. The minimum atomic E-state index is -0.735. The van der Waals surface area contributed by atoms with Crippen LogP contribution in [0.2, 0.25) is 5.02 Å². The number of anilines is 1. The number of hydrogen-bond acceptors (Lipinski definition) is 5. The van der Waals surface area contributed by atoms with Gasteiger partial charge in [0.2, 0.25) is 0 Å². The third kappa shape index (κ3) is 4.75. The second-order valence-electron chi connectivity index (χ2n) is 7.32. The van der Waals surface area contributed by atoms with Crippen LogP contribution in [-0.4, -0.2) is 24.6 Å². The summed E-state index contributed by atoms with van der Waals surface area (Å²) < 4.78 is 11.1. The molecule has 2 aromatic rings. The number of thiophene rings is 1. The molecule has 1 amide bonds. The fourth-order valence-electron chi connectivity index (χ4n) is 3.61. The highest BCUT2D eigenvalue weighted by atomic mass is 35.5. The summed E-state index contributed by atoms with van der Waals surface area (Å²) in [7, 11) is 0. The fraction of sp³-hybridized carbons (Fsp3) is 0.455. The molecule has 1 aliphatic carbocycles. The van der Waals surface area contributed by atoms with Crippen molar-refractivity contribution in [2.45, 2.75) is 59.0 Å². The van der Waals surface area contributed by atoms with Gasteiger partial charge < -0.3 is 14.8 Å². The standard InChI is InChI=1S/C22H26ClNO4S/c1-5-27-22(26)19-18-12(2)7-6-8-17(18)29-21(19)24-20(25)14(4)28-16-10-9-15(23)11-13(16)3/h9-12,14H,5-8H2,1-4H3,(H,24,25). The number of esters is 1. The van der Waals surface area contributed by atoms with Crippen LogP contribution in [-0.2, 0) is 16.0 Å². The lowest BCUT2D eigenvalue weighted by atomic mass is 9.86. The van der Waals surface area contributed by atoms with E-state index in [-0.39, 0.29) is 17.8 Å². The quantitative estimate of drug-likeness (QED) is 0.588. The van der Waals surface area contributed by atoms with E-state index in [1.54, 1.807) is 32.0 Å². The Morgan fingerprint density at radius 2 is 2.14 bits per heavy atom. The molecular weight excluding hydrogens is 410 g/mol. The first-order valence-electron chi connectivity index (χ1n) is 9.88. The second-order valence-corrected chi connectivity index (χ2v) is 8.86. The molecule has 3 rings (SSSR count). The fourth-order valence-corrected chi connectivity index (χ4v) is 5.19. The summed E-state index contributed by atoms with van der Waals surface area (Å²) in [5.41, 5.74) is 2.38. The molecule has 2 unspecified atom stereocenters. The van der Waals surface area contributed by atoms with E-state index in [9.17, 15) is 9.59 Å². The highest BCUT2D eigenvalue weighted by Crippen LogP contribution is 2.43. The molecule has 0 aliphatic heterocycles. The van der Waals surface area contributed by atoms with Gasteiger partial charge in [0.1, 0.15) is 10.8 Å². The number of amides is 1. The number of carbonyl (C=O) groups excluding carboxylic acids is 2. The molecule has 0 spiro atoms. The smallest absolute Gasteiger partial charge is 0.341 e. The van der Waals surface area contributed by atoms with Crippen molar-refractivity contribution in [3.8, 4) is 5.75 Å². The first-order chi connectivity index (χ1) is 13.8. The number of aryl methyl sites for hydroxylation is 2. The van der Waals surface area contributed by atoms with Gasteiger partial charge in [-0.25, -0.2) is 4.79 Å². The zero-order valence-corrected chi connectivity index (χ0v) is 18.7. The third-order valence-electron chi connectivity index (χ3n) is 5.08. The number of hydrogen-bond donors (Lipinski definition) is 1. The molecule has 1 aromatic carbocycles. The summed E-state index contributed by atoms with van der Waals surface area (Å²) in [5, 5.41) is 4.07. The molecule has 0 fully saturated rings. The summed E-state index contributed by atoms with van der Waals surface area (Å²) in [5.74, 6) is 0.180. The molecular formula is C22H26ClNO4S. The number of rotatable bonds is 6. The lowest BCUT2D eigenvalue weighted by molar-refractivity contribution is -0.122. The monoisotopic (exact) mass is 435 g/mol. The molecule has 7 heteroatoms. The number of fused-ring (bicyclic) bond motifs is 1. The van der Waals surface area contributed by atoms with Crippen molar-refractivity contribution >= 4 is 39.8 Å². The van der Waals surface area contributed by atoms with E-state index in [1.807, 2.05) is 6.92 Å². The predicted molar refractivity (Wildman–Crippen MR) is 117 cm³/mol. The maximum absolute atomic E-state index is 12.8. The molecule has 2 atom stereocenters. The van der Waals surface area contributed by atoms with Gasteiger partial charge in [-0.3, -0.25) is 4.79 Å². The molecule has 0 saturated carbocycles. The molecule has 1 aliphatic rings. The number of carbonyl (C=O) groups is 2. The van der Waals surface area contributed by atoms with Gasteiger partial charge in [-0.15, -0.1) is 11.3 Å². The Hall–Kier alpha value is -2.05. The van der Waals surface area contributed by atoms with Gasteiger partial charge in [-0.2, -0.15) is 0 Å². The van der Waals surface area contributed by atoms with Crippen LogP contribution in [0.3, 0.4) is 0 Å². The van der Waals surface area contributed by atoms with E-state index < -0.39 is 6.10 Å². The maximum Gasteiger partial charge on any atom is 0.341 e. The Bertz CT molecular complexity index is 924. The Labute approximate surface area is 180 Å². The first-order valence-corrected chi connectivity index (χ1v) is 11.1. The van der Waals surface area contributed by atoms with Crippen LogP contribution in [0.25, 0.3) is 0 Å². The van der Waals surface area contributed by atoms with Crippen molar-refractivity contribution in [3.63, 3.8) is 0 Å². The second kappa shape index (κ2) is 9.18. The van der Waals surface area contributed by atoms with Crippen LogP contribution < -0.4 is 10.1 Å². The van der Waals surface area contributed by atoms with Gasteiger partial charge in [0.25, 0.3) is 5.91 Å². The van der Waals surface area contributed by atoms with Crippen LogP contribution in [0.5, 0.6) is 5.75 Å². The number of ether oxygens (including phenoxy) is 2. The minimum Gasteiger partial charge on any atom is -0.481 e. The lowest BCUT2D eigenvalue weighted by Gasteiger charge is -2.20. The van der Waals surface area contributed by atoms with Gasteiger partial charge in [0.05, 0.1) is 12.2 Å². The van der Waals surface area contributed by atoms with E-state index in [4.69, 9.17) is 21.1 Å². The lowest BCUT2D eigenvalue weighted by Crippen LogP contribution is -2.30. The van der Waals surface area contributed by atoms with Crippen LogP contribution in [0.15, 0.2) is 18.2 Å². The Kier molecular flexibility index (Phi) is 6.85. The Morgan fingerprint density at radius 3 is 2.83 bits per heavy atom. The van der Waals surface area contributed by atoms with Gasteiger partial charge in [0, 0.05) is 9.90 Å². The number of halogens is 1. The normalized spacial score (nSPS) is 16.7. The molecule has 1 heterocycles. The minimum absolute atomic E-state index is 0.269. The molecule has 1 N–H and O–H groups in total. The molecule has 5 nitrogen and oxygen atoms in total. The van der Waals surface area contributed by atoms with Crippen LogP contribution in [0.4, 0.5) is 5.00 Å². The van der Waals surface area contributed by atoms with E-state index in [0.717, 1.165) is 35.3 Å². The molecule has 0 saturated heterocycles. The van der Waals surface area contributed by atoms with Gasteiger partial charge >= 0.3 is 5.97 Å². The topological polar surface area (TPSA) is 64.6 Å². The third-order valence-corrected chi connectivity index (χ3v) is 6.50. The highest BCUT2D eigenvalue weighted by molar-refractivity contribution is 7.17. The van der Waals surface area contributed by atoms with E-state index in [1.165, 1.54) is 11.3 Å². The summed E-state index contributed by atoms with van der Waals surface area (Å²) in [6.45, 7) is 7.75. The van der Waals surface area contributed by atoms with E-state index in [0.29, 0.717) is 27.9 Å². The van der Waals surface area contributed by atoms with E-state index >= 15 is 0 Å². The summed E-state index contributed by atoms with van der Waals surface area (Å²) in [6.07, 6.45) is 2.29. The van der Waals surface area contributed by atoms with Crippen LogP contribution >= 0.6 is 22.9 Å². The predicted octanol–water partition coefficient (Wildman–Crippen LogP) is 5.73. The van der Waals surface area contributed by atoms with Crippen molar-refractivity contribution in [2.24, 2.45) is 0 Å². The number of nitrogens with one attached hydrogen (secondary N) is 1. The van der Waals surface area contributed by atoms with Crippen molar-refractivity contribution in [1.82, 2.24) is 0 Å². The van der Waals surface area contributed by atoms with Crippen LogP contribution in [0.1, 0.15) is 65.9 Å². The average Bonchev–Trinajstić information content (AvgIpc) is 3.03. The molecule has 1 aromatic heterocycles. The zero-order chi connectivity index (χ0) is 21.1. The molecule has 0 radical (unpaired) electrons. The summed E-state index contributed by atoms with van der Waals surface area (Å²) in [6, 6.07) is 5.26. The Balaban J connectivity index is 1.83. The van der Waals surface area contributed by atoms with Crippen molar-refractivity contribution in [3.05, 3.63) is 44.8 Å². The SMILES string of the molecule is CCOC(=O)c1c(NC(=O)C(C)Oc2ccc(Cl)cc2C)sc2c1C(C)CCC2. The average molecular weight is 436 g/mol. The first kappa shape index (κ1) is 21.7. The molecule has 0 bridgehead atoms. The van der Waals surface area contributed by atoms with Crippen molar-refractivity contribution in [2.75, 3.05) is 11.9 Å². The van der Waals surface area contributed by atoms with Gasteiger partial charge in [0.15, 0.2) is 6.10 Å². The molecule has 29 heavy (non-hydrogen) atoms.